The Bertz CT molecular complexity index is 818. The van der Waals surface area contributed by atoms with Gasteiger partial charge < -0.3 is 10.2 Å². The van der Waals surface area contributed by atoms with Gasteiger partial charge in [0.2, 0.25) is 0 Å². The van der Waals surface area contributed by atoms with Crippen LogP contribution in [0.1, 0.15) is 27.8 Å². The van der Waals surface area contributed by atoms with Gasteiger partial charge in [-0.1, -0.05) is 30.3 Å². The number of hydrogen-bond acceptors (Lipinski definition) is 3. The van der Waals surface area contributed by atoms with Gasteiger partial charge in [0.15, 0.2) is 5.69 Å². The van der Waals surface area contributed by atoms with Crippen LogP contribution in [0.4, 0.5) is 13.2 Å². The second kappa shape index (κ2) is 6.12. The second-order valence-electron chi connectivity index (χ2n) is 6.93. The van der Waals surface area contributed by atoms with Crippen LogP contribution < -0.4 is 5.32 Å². The van der Waals surface area contributed by atoms with E-state index in [1.807, 2.05) is 30.3 Å². The van der Waals surface area contributed by atoms with Gasteiger partial charge >= 0.3 is 6.18 Å². The van der Waals surface area contributed by atoms with Crippen molar-refractivity contribution in [3.63, 3.8) is 0 Å². The highest BCUT2D eigenvalue weighted by molar-refractivity contribution is 5.93. The Kier molecular flexibility index (Phi) is 4.02. The number of amides is 1. The average Bonchev–Trinajstić information content (AvgIpc) is 3.27. The molecule has 1 N–H and O–H groups in total. The Morgan fingerprint density at radius 1 is 1.23 bits per heavy atom. The summed E-state index contributed by atoms with van der Waals surface area (Å²) in [6, 6.07) is 10.4. The lowest BCUT2D eigenvalue weighted by molar-refractivity contribution is -0.143. The lowest BCUT2D eigenvalue weighted by Gasteiger charge is -2.27. The number of benzene rings is 1. The molecule has 2 aliphatic rings. The number of rotatable bonds is 2. The predicted octanol–water partition coefficient (Wildman–Crippen LogP) is 2.47. The highest BCUT2D eigenvalue weighted by Gasteiger charge is 2.47. The first kappa shape index (κ1) is 17.1. The largest absolute Gasteiger partial charge is 0.433 e. The second-order valence-corrected chi connectivity index (χ2v) is 6.93. The van der Waals surface area contributed by atoms with Gasteiger partial charge in [0.05, 0.1) is 6.04 Å². The third kappa shape index (κ3) is 2.78. The first-order chi connectivity index (χ1) is 12.4. The molecule has 2 saturated heterocycles. The number of nitrogens with zero attached hydrogens (tertiary/aromatic N) is 3. The number of aromatic nitrogens is 2. The maximum absolute atomic E-state index is 13.0. The number of likely N-dealkylation sites (tertiary alicyclic amines) is 1. The lowest BCUT2D eigenvalue weighted by atomic mass is 9.89. The van der Waals surface area contributed by atoms with E-state index in [0.29, 0.717) is 12.5 Å². The van der Waals surface area contributed by atoms with Crippen LogP contribution in [0.3, 0.4) is 0 Å². The van der Waals surface area contributed by atoms with E-state index in [2.05, 4.69) is 10.4 Å². The highest BCUT2D eigenvalue weighted by Crippen LogP contribution is 2.43. The molecule has 8 heteroatoms. The molecule has 0 aliphatic carbocycles. The van der Waals surface area contributed by atoms with Crippen LogP contribution >= 0.6 is 0 Å². The van der Waals surface area contributed by atoms with E-state index < -0.39 is 17.8 Å². The zero-order valence-electron chi connectivity index (χ0n) is 14.2. The van der Waals surface area contributed by atoms with Crippen molar-refractivity contribution in [2.45, 2.75) is 12.2 Å². The number of carbonyl (C=O) groups excluding carboxylic acids is 1. The minimum atomic E-state index is -4.54. The third-order valence-corrected chi connectivity index (χ3v) is 5.36. The van der Waals surface area contributed by atoms with Crippen LogP contribution in [0, 0.1) is 11.8 Å². The van der Waals surface area contributed by atoms with Crippen molar-refractivity contribution in [1.82, 2.24) is 20.0 Å². The van der Waals surface area contributed by atoms with Crippen LogP contribution in [-0.2, 0) is 13.2 Å². The van der Waals surface area contributed by atoms with Gasteiger partial charge in [-0.2, -0.15) is 18.3 Å². The molecule has 1 aromatic heterocycles. The van der Waals surface area contributed by atoms with Gasteiger partial charge in [-0.05, 0) is 11.5 Å². The molecule has 3 heterocycles. The van der Waals surface area contributed by atoms with E-state index in [1.165, 1.54) is 7.05 Å². The zero-order chi connectivity index (χ0) is 18.5. The number of fused-ring (bicyclic) bond motifs is 1. The molecule has 138 valence electrons. The maximum atomic E-state index is 13.0. The molecule has 2 aromatic rings. The van der Waals surface area contributed by atoms with Crippen molar-refractivity contribution >= 4 is 5.91 Å². The molecule has 5 nitrogen and oxygen atoms in total. The summed E-state index contributed by atoms with van der Waals surface area (Å²) in [5.74, 6) is 0.112. The summed E-state index contributed by atoms with van der Waals surface area (Å²) in [6.45, 7) is 2.13. The van der Waals surface area contributed by atoms with E-state index in [0.717, 1.165) is 29.4 Å². The summed E-state index contributed by atoms with van der Waals surface area (Å²) >= 11 is 0. The molecule has 0 spiro atoms. The molecule has 2 fully saturated rings. The van der Waals surface area contributed by atoms with Gasteiger partial charge in [0.1, 0.15) is 5.69 Å². The Hall–Kier alpha value is -2.35. The predicted molar refractivity (Wildman–Crippen MR) is 88.3 cm³/mol. The molecule has 0 unspecified atom stereocenters. The van der Waals surface area contributed by atoms with Crippen LogP contribution in [0.2, 0.25) is 0 Å². The number of carbonyl (C=O) groups is 1. The molecule has 26 heavy (non-hydrogen) atoms. The number of alkyl halides is 3. The summed E-state index contributed by atoms with van der Waals surface area (Å²) in [7, 11) is 1.21. The van der Waals surface area contributed by atoms with Crippen LogP contribution in [0.25, 0.3) is 0 Å². The smallest absolute Gasteiger partial charge is 0.330 e. The van der Waals surface area contributed by atoms with Crippen molar-refractivity contribution < 1.29 is 18.0 Å². The normalized spacial score (nSPS) is 25.5. The van der Waals surface area contributed by atoms with Gasteiger partial charge in [-0.3, -0.25) is 9.48 Å². The summed E-state index contributed by atoms with van der Waals surface area (Å²) in [5.41, 5.74) is -0.0733. The van der Waals surface area contributed by atoms with Crippen molar-refractivity contribution in [2.24, 2.45) is 18.9 Å². The zero-order valence-corrected chi connectivity index (χ0v) is 14.2. The first-order valence-corrected chi connectivity index (χ1v) is 8.54. The van der Waals surface area contributed by atoms with E-state index in [9.17, 15) is 18.0 Å². The average molecular weight is 364 g/mol. The van der Waals surface area contributed by atoms with E-state index in [4.69, 9.17) is 0 Å². The van der Waals surface area contributed by atoms with Crippen LogP contribution in [0.15, 0.2) is 36.4 Å². The maximum Gasteiger partial charge on any atom is 0.433 e. The molecule has 1 amide bonds. The fourth-order valence-corrected chi connectivity index (χ4v) is 4.19. The standard InChI is InChI=1S/C18H19F3N4O/c1-24-15(18(19,20)21)7-14(23-24)17(26)25-10-12-8-22-9-13(12)16(25)11-5-3-2-4-6-11/h2-7,12-13,16,22H,8-10H2,1H3/t12-,13-,16+/m0/s1. The summed E-state index contributed by atoms with van der Waals surface area (Å²) in [5, 5.41) is 7.18. The van der Waals surface area contributed by atoms with Crippen molar-refractivity contribution in [3.8, 4) is 0 Å². The number of aryl methyl sites for hydroxylation is 1. The third-order valence-electron chi connectivity index (χ3n) is 5.36. The van der Waals surface area contributed by atoms with Crippen LogP contribution in [0.5, 0.6) is 0 Å². The molecule has 0 bridgehead atoms. The van der Waals surface area contributed by atoms with Crippen molar-refractivity contribution in [1.29, 1.82) is 0 Å². The quantitative estimate of drug-likeness (QED) is 0.891. The molecular formula is C18H19F3N4O. The summed E-state index contributed by atoms with van der Waals surface area (Å²) < 4.78 is 39.8. The molecule has 0 saturated carbocycles. The topological polar surface area (TPSA) is 50.2 Å². The van der Waals surface area contributed by atoms with E-state index in [-0.39, 0.29) is 17.7 Å². The fourth-order valence-electron chi connectivity index (χ4n) is 4.19. The SMILES string of the molecule is Cn1nc(C(=O)N2C[C@@H]3CNC[C@@H]3[C@H]2c2ccccc2)cc1C(F)(F)F. The Balaban J connectivity index is 1.68. The van der Waals surface area contributed by atoms with E-state index >= 15 is 0 Å². The Morgan fingerprint density at radius 2 is 1.96 bits per heavy atom. The molecule has 3 atom stereocenters. The fraction of sp³-hybridized carbons (Fsp3) is 0.444. The molecule has 4 rings (SSSR count). The van der Waals surface area contributed by atoms with Gasteiger partial charge in [-0.25, -0.2) is 0 Å². The van der Waals surface area contributed by atoms with Gasteiger partial charge in [0, 0.05) is 38.7 Å². The molecule has 1 aromatic carbocycles. The number of nitrogens with one attached hydrogen (secondary N) is 1. The van der Waals surface area contributed by atoms with E-state index in [1.54, 1.807) is 4.90 Å². The minimum absolute atomic E-state index is 0.153. The Morgan fingerprint density at radius 3 is 2.62 bits per heavy atom. The number of halogens is 3. The van der Waals surface area contributed by atoms with Gasteiger partial charge in [0.25, 0.3) is 5.91 Å². The molecule has 0 radical (unpaired) electrons. The van der Waals surface area contributed by atoms with Crippen LogP contribution in [-0.4, -0.2) is 40.2 Å². The number of hydrogen-bond donors (Lipinski definition) is 1. The lowest BCUT2D eigenvalue weighted by Crippen LogP contribution is -2.35. The highest BCUT2D eigenvalue weighted by atomic mass is 19.4. The summed E-state index contributed by atoms with van der Waals surface area (Å²) in [6.07, 6.45) is -4.54. The minimum Gasteiger partial charge on any atom is -0.330 e. The Labute approximate surface area is 148 Å². The first-order valence-electron chi connectivity index (χ1n) is 8.54. The van der Waals surface area contributed by atoms with Crippen molar-refractivity contribution in [2.75, 3.05) is 19.6 Å². The molecular weight excluding hydrogens is 345 g/mol. The van der Waals surface area contributed by atoms with Gasteiger partial charge in [-0.15, -0.1) is 0 Å². The molecule has 2 aliphatic heterocycles. The van der Waals surface area contributed by atoms with Crippen molar-refractivity contribution in [3.05, 3.63) is 53.3 Å². The monoisotopic (exact) mass is 364 g/mol. The summed E-state index contributed by atoms with van der Waals surface area (Å²) in [4.78, 5) is 14.7.